The van der Waals surface area contributed by atoms with Crippen molar-refractivity contribution in [3.63, 3.8) is 0 Å². The van der Waals surface area contributed by atoms with E-state index in [2.05, 4.69) is 12.2 Å². The third-order valence-corrected chi connectivity index (χ3v) is 4.23. The number of nitrogens with one attached hydrogen (secondary N) is 1. The maximum atomic E-state index is 11.1. The van der Waals surface area contributed by atoms with Gasteiger partial charge in [-0.2, -0.15) is 0 Å². The molecule has 1 aromatic rings. The normalized spacial score (nSPS) is 26.2. The zero-order chi connectivity index (χ0) is 14.8. The molecule has 1 saturated carbocycles. The SMILES string of the molecule is Cc1cccc(NCC2(O)CCC(C)CC2)c1[N+](=O)[O-]. The van der Waals surface area contributed by atoms with Crippen LogP contribution in [0.4, 0.5) is 11.4 Å². The lowest BCUT2D eigenvalue weighted by Gasteiger charge is -2.35. The summed E-state index contributed by atoms with van der Waals surface area (Å²) in [5.41, 5.74) is 0.469. The van der Waals surface area contributed by atoms with Gasteiger partial charge in [0, 0.05) is 12.1 Å². The molecule has 2 rings (SSSR count). The van der Waals surface area contributed by atoms with Gasteiger partial charge < -0.3 is 10.4 Å². The number of para-hydroxylation sites is 1. The van der Waals surface area contributed by atoms with Gasteiger partial charge in [-0.3, -0.25) is 10.1 Å². The minimum Gasteiger partial charge on any atom is -0.388 e. The first-order chi connectivity index (χ1) is 9.41. The van der Waals surface area contributed by atoms with Crippen molar-refractivity contribution in [3.05, 3.63) is 33.9 Å². The number of aryl methyl sites for hydroxylation is 1. The molecule has 1 aliphatic rings. The molecule has 5 heteroatoms. The number of hydrogen-bond donors (Lipinski definition) is 2. The van der Waals surface area contributed by atoms with Crippen LogP contribution in [0.5, 0.6) is 0 Å². The third-order valence-electron chi connectivity index (χ3n) is 4.23. The predicted molar refractivity (Wildman–Crippen MR) is 78.9 cm³/mol. The highest BCUT2D eigenvalue weighted by Gasteiger charge is 2.32. The molecule has 0 heterocycles. The molecule has 2 N–H and O–H groups in total. The van der Waals surface area contributed by atoms with Crippen LogP contribution in [0.1, 0.15) is 38.2 Å². The van der Waals surface area contributed by atoms with E-state index in [0.29, 0.717) is 23.7 Å². The standard InChI is InChI=1S/C15H22N2O3/c1-11-6-8-15(18,9-7-11)10-16-13-5-3-4-12(2)14(13)17(19)20/h3-5,11,16,18H,6-10H2,1-2H3. The van der Waals surface area contributed by atoms with E-state index >= 15 is 0 Å². The molecule has 1 aromatic carbocycles. The molecule has 0 spiro atoms. The molecule has 0 bridgehead atoms. The predicted octanol–water partition coefficient (Wildman–Crippen LogP) is 3.26. The van der Waals surface area contributed by atoms with Gasteiger partial charge in [0.25, 0.3) is 5.69 Å². The van der Waals surface area contributed by atoms with E-state index in [9.17, 15) is 15.2 Å². The van der Waals surface area contributed by atoms with Crippen LogP contribution in [-0.4, -0.2) is 22.2 Å². The van der Waals surface area contributed by atoms with Crippen LogP contribution in [0.3, 0.4) is 0 Å². The Morgan fingerprint density at radius 1 is 1.45 bits per heavy atom. The first kappa shape index (κ1) is 14.8. The molecule has 110 valence electrons. The first-order valence-corrected chi connectivity index (χ1v) is 7.11. The maximum absolute atomic E-state index is 11.1. The number of nitro benzene ring substituents is 1. The molecule has 5 nitrogen and oxygen atoms in total. The fourth-order valence-corrected chi connectivity index (χ4v) is 2.78. The lowest BCUT2D eigenvalue weighted by atomic mass is 9.79. The van der Waals surface area contributed by atoms with E-state index in [1.54, 1.807) is 25.1 Å². The zero-order valence-electron chi connectivity index (χ0n) is 12.1. The van der Waals surface area contributed by atoms with E-state index in [0.717, 1.165) is 25.7 Å². The van der Waals surface area contributed by atoms with Gasteiger partial charge in [0.15, 0.2) is 0 Å². The lowest BCUT2D eigenvalue weighted by molar-refractivity contribution is -0.384. The van der Waals surface area contributed by atoms with Crippen molar-refractivity contribution in [2.75, 3.05) is 11.9 Å². The van der Waals surface area contributed by atoms with Crippen molar-refractivity contribution < 1.29 is 10.0 Å². The fraction of sp³-hybridized carbons (Fsp3) is 0.600. The van der Waals surface area contributed by atoms with Crippen LogP contribution in [0, 0.1) is 23.0 Å². The van der Waals surface area contributed by atoms with Crippen molar-refractivity contribution in [3.8, 4) is 0 Å². The van der Waals surface area contributed by atoms with Gasteiger partial charge in [0.1, 0.15) is 5.69 Å². The van der Waals surface area contributed by atoms with E-state index in [4.69, 9.17) is 0 Å². The highest BCUT2D eigenvalue weighted by atomic mass is 16.6. The smallest absolute Gasteiger partial charge is 0.295 e. The second-order valence-corrected chi connectivity index (χ2v) is 5.99. The van der Waals surface area contributed by atoms with Crippen molar-refractivity contribution in [1.82, 2.24) is 0 Å². The highest BCUT2D eigenvalue weighted by molar-refractivity contribution is 5.65. The molecule has 0 aromatic heterocycles. The van der Waals surface area contributed by atoms with Crippen molar-refractivity contribution >= 4 is 11.4 Å². The van der Waals surface area contributed by atoms with Gasteiger partial charge >= 0.3 is 0 Å². The number of benzene rings is 1. The summed E-state index contributed by atoms with van der Waals surface area (Å²) in [5, 5.41) is 24.7. The summed E-state index contributed by atoms with van der Waals surface area (Å²) in [5.74, 6) is 0.656. The van der Waals surface area contributed by atoms with Crippen LogP contribution < -0.4 is 5.32 Å². The quantitative estimate of drug-likeness (QED) is 0.654. The molecular weight excluding hydrogens is 256 g/mol. The maximum Gasteiger partial charge on any atom is 0.295 e. The zero-order valence-corrected chi connectivity index (χ0v) is 12.1. The van der Waals surface area contributed by atoms with E-state index in [1.807, 2.05) is 0 Å². The largest absolute Gasteiger partial charge is 0.388 e. The minimum absolute atomic E-state index is 0.0975. The second kappa shape index (κ2) is 5.79. The molecule has 20 heavy (non-hydrogen) atoms. The van der Waals surface area contributed by atoms with Crippen LogP contribution in [0.25, 0.3) is 0 Å². The number of aliphatic hydroxyl groups is 1. The summed E-state index contributed by atoms with van der Waals surface area (Å²) in [4.78, 5) is 10.7. The molecule has 0 saturated heterocycles. The Hall–Kier alpha value is -1.62. The van der Waals surface area contributed by atoms with Crippen LogP contribution in [-0.2, 0) is 0 Å². The summed E-state index contributed by atoms with van der Waals surface area (Å²) >= 11 is 0. The molecule has 0 unspecified atom stereocenters. The van der Waals surface area contributed by atoms with Gasteiger partial charge in [-0.25, -0.2) is 0 Å². The van der Waals surface area contributed by atoms with Crippen molar-refractivity contribution in [1.29, 1.82) is 0 Å². The Kier molecular flexibility index (Phi) is 4.28. The molecule has 0 amide bonds. The van der Waals surface area contributed by atoms with E-state index in [1.165, 1.54) is 0 Å². The van der Waals surface area contributed by atoms with E-state index < -0.39 is 5.60 Å². The number of nitrogens with zero attached hydrogens (tertiary/aromatic N) is 1. The van der Waals surface area contributed by atoms with Crippen LogP contribution >= 0.6 is 0 Å². The molecule has 0 radical (unpaired) electrons. The topological polar surface area (TPSA) is 75.4 Å². The Balaban J connectivity index is 2.08. The second-order valence-electron chi connectivity index (χ2n) is 5.99. The summed E-state index contributed by atoms with van der Waals surface area (Å²) in [6.45, 7) is 4.28. The number of hydrogen-bond acceptors (Lipinski definition) is 4. The summed E-state index contributed by atoms with van der Waals surface area (Å²) in [7, 11) is 0. The van der Waals surface area contributed by atoms with Gasteiger partial charge in [0.2, 0.25) is 0 Å². The van der Waals surface area contributed by atoms with Crippen molar-refractivity contribution in [2.24, 2.45) is 5.92 Å². The Labute approximate surface area is 119 Å². The monoisotopic (exact) mass is 278 g/mol. The average Bonchev–Trinajstić information content (AvgIpc) is 2.40. The lowest BCUT2D eigenvalue weighted by Crippen LogP contribution is -2.40. The summed E-state index contributed by atoms with van der Waals surface area (Å²) < 4.78 is 0. The Morgan fingerprint density at radius 3 is 2.70 bits per heavy atom. The summed E-state index contributed by atoms with van der Waals surface area (Å²) in [6, 6.07) is 5.21. The Morgan fingerprint density at radius 2 is 2.10 bits per heavy atom. The molecule has 1 aliphatic carbocycles. The summed E-state index contributed by atoms with van der Waals surface area (Å²) in [6.07, 6.45) is 3.52. The van der Waals surface area contributed by atoms with Gasteiger partial charge in [-0.05, 0) is 44.6 Å². The molecule has 0 atom stereocenters. The van der Waals surface area contributed by atoms with Gasteiger partial charge in [0.05, 0.1) is 10.5 Å². The van der Waals surface area contributed by atoms with E-state index in [-0.39, 0.29) is 10.6 Å². The van der Waals surface area contributed by atoms with Crippen LogP contribution in [0.2, 0.25) is 0 Å². The van der Waals surface area contributed by atoms with Crippen molar-refractivity contribution in [2.45, 2.75) is 45.1 Å². The molecule has 0 aliphatic heterocycles. The average molecular weight is 278 g/mol. The molecule has 1 fully saturated rings. The van der Waals surface area contributed by atoms with Gasteiger partial charge in [-0.15, -0.1) is 0 Å². The minimum atomic E-state index is -0.746. The van der Waals surface area contributed by atoms with Gasteiger partial charge in [-0.1, -0.05) is 19.1 Å². The van der Waals surface area contributed by atoms with Crippen LogP contribution in [0.15, 0.2) is 18.2 Å². The Bertz CT molecular complexity index is 494. The molecular formula is C15H22N2O3. The fourth-order valence-electron chi connectivity index (χ4n) is 2.78. The number of anilines is 1. The third kappa shape index (κ3) is 3.28. The highest BCUT2D eigenvalue weighted by Crippen LogP contribution is 2.33. The first-order valence-electron chi connectivity index (χ1n) is 7.11. The number of rotatable bonds is 4. The number of nitro groups is 1.